The number of carbonyl (C=O) groups is 2. The van der Waals surface area contributed by atoms with Crippen molar-refractivity contribution in [2.24, 2.45) is 0 Å². The number of rotatable bonds is 3. The van der Waals surface area contributed by atoms with Crippen molar-refractivity contribution in [2.75, 3.05) is 32.7 Å². The van der Waals surface area contributed by atoms with Gasteiger partial charge in [-0.25, -0.2) is 0 Å². The molecule has 138 valence electrons. The van der Waals surface area contributed by atoms with Gasteiger partial charge in [-0.3, -0.25) is 14.7 Å². The zero-order valence-electron chi connectivity index (χ0n) is 14.8. The maximum atomic E-state index is 12.9. The second kappa shape index (κ2) is 6.95. The Morgan fingerprint density at radius 1 is 1.35 bits per heavy atom. The number of nitrogens with one attached hydrogen (secondary N) is 2. The van der Waals surface area contributed by atoms with Crippen LogP contribution in [0.4, 0.5) is 0 Å². The van der Waals surface area contributed by atoms with Crippen molar-refractivity contribution >= 4 is 11.8 Å². The lowest BCUT2D eigenvalue weighted by molar-refractivity contribution is -0.135. The Kier molecular flexibility index (Phi) is 4.50. The van der Waals surface area contributed by atoms with Crippen molar-refractivity contribution in [3.63, 3.8) is 0 Å². The summed E-state index contributed by atoms with van der Waals surface area (Å²) >= 11 is 0. The van der Waals surface area contributed by atoms with Crippen molar-refractivity contribution in [1.29, 1.82) is 0 Å². The smallest absolute Gasteiger partial charge is 0.274 e. The molecular weight excluding hydrogens is 334 g/mol. The van der Waals surface area contributed by atoms with Gasteiger partial charge in [-0.15, -0.1) is 0 Å². The van der Waals surface area contributed by atoms with Gasteiger partial charge in [-0.2, -0.15) is 5.10 Å². The highest BCUT2D eigenvalue weighted by Crippen LogP contribution is 2.22. The summed E-state index contributed by atoms with van der Waals surface area (Å²) in [7, 11) is 0. The third kappa shape index (κ3) is 3.24. The summed E-state index contributed by atoms with van der Waals surface area (Å²) in [6.07, 6.45) is 1.83. The molecule has 0 saturated carbocycles. The number of piperidine rings is 1. The molecule has 2 aliphatic rings. The Hall–Kier alpha value is -2.61. The van der Waals surface area contributed by atoms with Crippen LogP contribution in [0.15, 0.2) is 22.6 Å². The highest BCUT2D eigenvalue weighted by atomic mass is 16.3. The molecule has 0 aromatic carbocycles. The number of amides is 2. The van der Waals surface area contributed by atoms with Gasteiger partial charge in [-0.05, 0) is 31.9 Å². The van der Waals surface area contributed by atoms with Gasteiger partial charge in [0, 0.05) is 38.3 Å². The lowest BCUT2D eigenvalue weighted by Crippen LogP contribution is -2.57. The largest absolute Gasteiger partial charge is 0.460 e. The molecule has 2 aromatic heterocycles. The number of carbonyl (C=O) groups excluding carboxylic acids is 2. The minimum Gasteiger partial charge on any atom is -0.460 e. The molecule has 8 nitrogen and oxygen atoms in total. The molecule has 2 saturated heterocycles. The van der Waals surface area contributed by atoms with E-state index in [4.69, 9.17) is 4.42 Å². The van der Waals surface area contributed by atoms with Crippen LogP contribution in [-0.2, 0) is 4.79 Å². The van der Waals surface area contributed by atoms with E-state index in [-0.39, 0.29) is 17.9 Å². The van der Waals surface area contributed by atoms with Crippen LogP contribution in [0.2, 0.25) is 0 Å². The minimum absolute atomic E-state index is 0.0911. The van der Waals surface area contributed by atoms with E-state index in [2.05, 4.69) is 15.5 Å². The molecule has 0 aliphatic carbocycles. The number of hydrogen-bond donors (Lipinski definition) is 2. The lowest BCUT2D eigenvalue weighted by Gasteiger charge is -2.40. The normalized spacial score (nSPS) is 21.3. The first kappa shape index (κ1) is 16.8. The van der Waals surface area contributed by atoms with Crippen molar-refractivity contribution in [3.8, 4) is 11.5 Å². The van der Waals surface area contributed by atoms with Gasteiger partial charge >= 0.3 is 0 Å². The first-order valence-corrected chi connectivity index (χ1v) is 9.03. The van der Waals surface area contributed by atoms with Gasteiger partial charge in [0.05, 0.1) is 6.54 Å². The molecule has 0 spiro atoms. The van der Waals surface area contributed by atoms with E-state index in [1.165, 1.54) is 0 Å². The van der Waals surface area contributed by atoms with E-state index in [1.807, 2.05) is 24.0 Å². The first-order chi connectivity index (χ1) is 12.6. The number of hydrogen-bond acceptors (Lipinski definition) is 5. The van der Waals surface area contributed by atoms with Crippen LogP contribution in [0.5, 0.6) is 0 Å². The molecule has 2 aliphatic heterocycles. The number of aryl methyl sites for hydroxylation is 1. The maximum Gasteiger partial charge on any atom is 0.274 e. The van der Waals surface area contributed by atoms with Gasteiger partial charge in [0.1, 0.15) is 11.5 Å². The molecule has 0 bridgehead atoms. The summed E-state index contributed by atoms with van der Waals surface area (Å²) in [5.74, 6) is 1.48. The number of H-pyrrole nitrogens is 1. The van der Waals surface area contributed by atoms with Crippen molar-refractivity contribution in [1.82, 2.24) is 25.3 Å². The molecule has 4 rings (SSSR count). The van der Waals surface area contributed by atoms with E-state index < -0.39 is 0 Å². The zero-order valence-corrected chi connectivity index (χ0v) is 14.8. The Labute approximate surface area is 151 Å². The molecule has 1 atom stereocenters. The molecular formula is C18H23N5O3. The summed E-state index contributed by atoms with van der Waals surface area (Å²) < 4.78 is 5.57. The van der Waals surface area contributed by atoms with E-state index >= 15 is 0 Å². The fourth-order valence-electron chi connectivity index (χ4n) is 3.70. The van der Waals surface area contributed by atoms with E-state index in [9.17, 15) is 9.59 Å². The van der Waals surface area contributed by atoms with Crippen LogP contribution >= 0.6 is 0 Å². The van der Waals surface area contributed by atoms with E-state index in [0.717, 1.165) is 25.1 Å². The SMILES string of the molecule is Cc1ccc(-c2cc(C(=O)N3CCCC(N4CCNCC4=O)C3)n[nH]2)o1. The van der Waals surface area contributed by atoms with Gasteiger partial charge in [0.2, 0.25) is 5.91 Å². The van der Waals surface area contributed by atoms with Gasteiger partial charge in [0.15, 0.2) is 11.5 Å². The number of aromatic nitrogens is 2. The highest BCUT2D eigenvalue weighted by molar-refractivity contribution is 5.93. The van der Waals surface area contributed by atoms with Crippen molar-refractivity contribution < 1.29 is 14.0 Å². The summed E-state index contributed by atoms with van der Waals surface area (Å²) in [6.45, 7) is 5.02. The molecule has 1 unspecified atom stereocenters. The third-order valence-corrected chi connectivity index (χ3v) is 5.05. The molecule has 2 amide bonds. The van der Waals surface area contributed by atoms with Gasteiger partial charge < -0.3 is 19.5 Å². The average molecular weight is 357 g/mol. The molecule has 26 heavy (non-hydrogen) atoms. The first-order valence-electron chi connectivity index (χ1n) is 9.03. The van der Waals surface area contributed by atoms with E-state index in [0.29, 0.717) is 43.3 Å². The molecule has 4 heterocycles. The number of aromatic amines is 1. The number of piperazine rings is 1. The standard InChI is InChI=1S/C18H23N5O3/c1-12-4-5-16(26-12)14-9-15(21-20-14)18(25)22-7-2-3-13(11-22)23-8-6-19-10-17(23)24/h4-5,9,13,19H,2-3,6-8,10-11H2,1H3,(H,20,21). The fourth-order valence-corrected chi connectivity index (χ4v) is 3.70. The van der Waals surface area contributed by atoms with E-state index in [1.54, 1.807) is 11.0 Å². The van der Waals surface area contributed by atoms with Crippen molar-refractivity contribution in [2.45, 2.75) is 25.8 Å². The monoisotopic (exact) mass is 357 g/mol. The topological polar surface area (TPSA) is 94.5 Å². The lowest BCUT2D eigenvalue weighted by atomic mass is 10.0. The predicted octanol–water partition coefficient (Wildman–Crippen LogP) is 1.01. The van der Waals surface area contributed by atoms with Crippen LogP contribution in [-0.4, -0.2) is 70.6 Å². The second-order valence-corrected chi connectivity index (χ2v) is 6.89. The zero-order chi connectivity index (χ0) is 18.1. The van der Waals surface area contributed by atoms with Gasteiger partial charge in [-0.1, -0.05) is 0 Å². The van der Waals surface area contributed by atoms with Crippen LogP contribution in [0.25, 0.3) is 11.5 Å². The summed E-state index contributed by atoms with van der Waals surface area (Å²) in [5.41, 5.74) is 1.06. The average Bonchev–Trinajstić information content (AvgIpc) is 3.30. The Bertz CT molecular complexity index is 811. The maximum absolute atomic E-state index is 12.9. The third-order valence-electron chi connectivity index (χ3n) is 5.05. The van der Waals surface area contributed by atoms with Crippen LogP contribution in [0.3, 0.4) is 0 Å². The number of furan rings is 1. The minimum atomic E-state index is -0.108. The second-order valence-electron chi connectivity index (χ2n) is 6.89. The number of nitrogens with zero attached hydrogens (tertiary/aromatic N) is 3. The summed E-state index contributed by atoms with van der Waals surface area (Å²) in [6, 6.07) is 5.54. The summed E-state index contributed by atoms with van der Waals surface area (Å²) in [4.78, 5) is 28.7. The highest BCUT2D eigenvalue weighted by Gasteiger charge is 2.32. The predicted molar refractivity (Wildman–Crippen MR) is 94.5 cm³/mol. The van der Waals surface area contributed by atoms with Gasteiger partial charge in [0.25, 0.3) is 5.91 Å². The Morgan fingerprint density at radius 2 is 2.23 bits per heavy atom. The van der Waals surface area contributed by atoms with Crippen LogP contribution in [0, 0.1) is 6.92 Å². The molecule has 2 fully saturated rings. The molecule has 8 heteroatoms. The van der Waals surface area contributed by atoms with Crippen LogP contribution in [0.1, 0.15) is 29.1 Å². The fraction of sp³-hybridized carbons (Fsp3) is 0.500. The molecule has 2 aromatic rings. The Balaban J connectivity index is 1.46. The number of likely N-dealkylation sites (tertiary alicyclic amines) is 1. The molecule has 2 N–H and O–H groups in total. The Morgan fingerprint density at radius 3 is 3.00 bits per heavy atom. The van der Waals surface area contributed by atoms with Crippen LogP contribution < -0.4 is 5.32 Å². The quantitative estimate of drug-likeness (QED) is 0.855. The summed E-state index contributed by atoms with van der Waals surface area (Å²) in [5, 5.41) is 10.1. The molecule has 0 radical (unpaired) electrons. The van der Waals surface area contributed by atoms with Crippen molar-refractivity contribution in [3.05, 3.63) is 29.7 Å².